The number of carbonyl (C=O) groups excluding carboxylic acids is 1. The Bertz CT molecular complexity index is 1230. The molecule has 0 radical (unpaired) electrons. The number of nitrogens with two attached hydrogens (primary N) is 1. The molecule has 0 amide bonds. The molecule has 3 aromatic rings. The number of benzene rings is 1. The van der Waals surface area contributed by atoms with Crippen LogP contribution in [0.5, 0.6) is 5.88 Å². The Hall–Kier alpha value is -4.11. The van der Waals surface area contributed by atoms with Gasteiger partial charge in [0.15, 0.2) is 11.5 Å². The normalized spacial score (nSPS) is 10.8. The predicted octanol–water partition coefficient (Wildman–Crippen LogP) is 1.32. The summed E-state index contributed by atoms with van der Waals surface area (Å²) in [6, 6.07) is 10.3. The number of esters is 1. The van der Waals surface area contributed by atoms with Gasteiger partial charge in [-0.15, -0.1) is 10.2 Å². The topological polar surface area (TPSA) is 162 Å². The van der Waals surface area contributed by atoms with Crippen molar-refractivity contribution in [2.45, 2.75) is 4.90 Å². The molecule has 0 fully saturated rings. The maximum atomic E-state index is 12.6. The van der Waals surface area contributed by atoms with Gasteiger partial charge in [0.05, 0.1) is 30.4 Å². The van der Waals surface area contributed by atoms with Crippen molar-refractivity contribution in [3.05, 3.63) is 53.9 Å². The number of anilines is 2. The molecule has 0 aliphatic carbocycles. The summed E-state index contributed by atoms with van der Waals surface area (Å²) < 4.78 is 38.4. The second kappa shape index (κ2) is 8.10. The molecule has 0 aliphatic rings. The zero-order valence-electron chi connectivity index (χ0n) is 15.9. The largest absolute Gasteiger partial charge is 0.480 e. The third-order valence-electron chi connectivity index (χ3n) is 4.06. The van der Waals surface area contributed by atoms with Gasteiger partial charge in [-0.1, -0.05) is 0 Å². The number of nitrogens with one attached hydrogen (secondary N) is 1. The number of hydrogen-bond acceptors (Lipinski definition) is 9. The summed E-state index contributed by atoms with van der Waals surface area (Å²) >= 11 is 0. The molecule has 12 heteroatoms. The first-order chi connectivity index (χ1) is 14.3. The Balaban J connectivity index is 1.93. The molecule has 30 heavy (non-hydrogen) atoms. The van der Waals surface area contributed by atoms with Crippen LogP contribution in [-0.4, -0.2) is 43.4 Å². The van der Waals surface area contributed by atoms with E-state index in [1.165, 1.54) is 61.4 Å². The fourth-order valence-electron chi connectivity index (χ4n) is 2.58. The van der Waals surface area contributed by atoms with Crippen LogP contribution in [0.25, 0.3) is 5.69 Å². The van der Waals surface area contributed by atoms with Gasteiger partial charge in [0.25, 0.3) is 10.0 Å². The van der Waals surface area contributed by atoms with E-state index in [1.807, 2.05) is 6.07 Å². The quantitative estimate of drug-likeness (QED) is 0.551. The summed E-state index contributed by atoms with van der Waals surface area (Å²) in [5.41, 5.74) is 6.30. The van der Waals surface area contributed by atoms with E-state index in [1.54, 1.807) is 0 Å². The Morgan fingerprint density at radius 3 is 2.40 bits per heavy atom. The van der Waals surface area contributed by atoms with Crippen molar-refractivity contribution >= 4 is 27.5 Å². The molecule has 154 valence electrons. The highest BCUT2D eigenvalue weighted by Crippen LogP contribution is 2.25. The van der Waals surface area contributed by atoms with Crippen molar-refractivity contribution in [3.8, 4) is 17.6 Å². The average Bonchev–Trinajstić information content (AvgIpc) is 3.10. The number of methoxy groups -OCH3 is 2. The molecule has 0 bridgehead atoms. The Labute approximate surface area is 171 Å². The first-order valence-electron chi connectivity index (χ1n) is 8.31. The molecule has 2 aromatic heterocycles. The zero-order valence-corrected chi connectivity index (χ0v) is 16.7. The highest BCUT2D eigenvalue weighted by molar-refractivity contribution is 7.92. The third kappa shape index (κ3) is 3.87. The number of aromatic nitrogens is 3. The third-order valence-corrected chi connectivity index (χ3v) is 5.43. The zero-order chi connectivity index (χ0) is 21.9. The van der Waals surface area contributed by atoms with Gasteiger partial charge in [0.2, 0.25) is 5.88 Å². The standard InChI is InChI=1S/C18H16N6O5S/c1-28-15-8-7-14(21-22-15)23-30(26,27)13-5-3-12(4-6-13)24-10-11(9-19)16(20)17(24)18(25)29-2/h3-8,10H,20H2,1-2H3,(H,21,23). The monoisotopic (exact) mass is 428 g/mol. The van der Waals surface area contributed by atoms with Gasteiger partial charge in [-0.05, 0) is 30.3 Å². The van der Waals surface area contributed by atoms with Gasteiger partial charge < -0.3 is 19.8 Å². The van der Waals surface area contributed by atoms with Crippen molar-refractivity contribution in [2.75, 3.05) is 24.7 Å². The van der Waals surface area contributed by atoms with Crippen LogP contribution in [0.2, 0.25) is 0 Å². The van der Waals surface area contributed by atoms with Crippen LogP contribution in [0.4, 0.5) is 11.5 Å². The van der Waals surface area contributed by atoms with Gasteiger partial charge in [0.1, 0.15) is 6.07 Å². The number of hydrogen-bond donors (Lipinski definition) is 2. The van der Waals surface area contributed by atoms with E-state index < -0.39 is 16.0 Å². The second-order valence-corrected chi connectivity index (χ2v) is 7.52. The number of rotatable bonds is 6. The van der Waals surface area contributed by atoms with Crippen LogP contribution >= 0.6 is 0 Å². The maximum Gasteiger partial charge on any atom is 0.357 e. The van der Waals surface area contributed by atoms with Crippen molar-refractivity contribution in [1.29, 1.82) is 5.26 Å². The lowest BCUT2D eigenvalue weighted by atomic mass is 10.2. The minimum atomic E-state index is -3.94. The predicted molar refractivity (Wildman–Crippen MR) is 106 cm³/mol. The molecule has 0 saturated heterocycles. The molecule has 0 aliphatic heterocycles. The Morgan fingerprint density at radius 2 is 1.87 bits per heavy atom. The number of nitrogens with zero attached hydrogens (tertiary/aromatic N) is 4. The molecule has 3 N–H and O–H groups in total. The van der Waals surface area contributed by atoms with Gasteiger partial charge in [-0.2, -0.15) is 5.26 Å². The minimum absolute atomic E-state index is 0.0182. The fourth-order valence-corrected chi connectivity index (χ4v) is 3.58. The minimum Gasteiger partial charge on any atom is -0.480 e. The fraction of sp³-hybridized carbons (Fsp3) is 0.111. The first kappa shape index (κ1) is 20.6. The molecule has 1 aromatic carbocycles. The number of ether oxygens (including phenoxy) is 2. The highest BCUT2D eigenvalue weighted by atomic mass is 32.2. The number of nitrogen functional groups attached to an aromatic ring is 1. The lowest BCUT2D eigenvalue weighted by molar-refractivity contribution is 0.0593. The van der Waals surface area contributed by atoms with Crippen LogP contribution in [0.1, 0.15) is 16.1 Å². The average molecular weight is 428 g/mol. The van der Waals surface area contributed by atoms with E-state index in [0.717, 1.165) is 0 Å². The lowest BCUT2D eigenvalue weighted by Gasteiger charge is -2.10. The van der Waals surface area contributed by atoms with Crippen LogP contribution in [-0.2, 0) is 14.8 Å². The van der Waals surface area contributed by atoms with Crippen LogP contribution in [0.3, 0.4) is 0 Å². The number of nitriles is 1. The van der Waals surface area contributed by atoms with E-state index >= 15 is 0 Å². The number of carbonyl (C=O) groups is 1. The summed E-state index contributed by atoms with van der Waals surface area (Å²) in [6.07, 6.45) is 1.37. The SMILES string of the molecule is COC(=O)c1c(N)c(C#N)cn1-c1ccc(S(=O)(=O)Nc2ccc(OC)nn2)cc1. The van der Waals surface area contributed by atoms with E-state index in [-0.39, 0.29) is 33.5 Å². The second-order valence-electron chi connectivity index (χ2n) is 5.84. The molecule has 2 heterocycles. The number of sulfonamides is 1. The molecule has 0 atom stereocenters. The molecule has 0 spiro atoms. The van der Waals surface area contributed by atoms with Gasteiger partial charge >= 0.3 is 5.97 Å². The summed E-state index contributed by atoms with van der Waals surface area (Å²) in [6.45, 7) is 0. The van der Waals surface area contributed by atoms with Crippen molar-refractivity contribution in [1.82, 2.24) is 14.8 Å². The lowest BCUT2D eigenvalue weighted by Crippen LogP contribution is -2.15. The summed E-state index contributed by atoms with van der Waals surface area (Å²) in [5.74, 6) is -0.471. The van der Waals surface area contributed by atoms with Gasteiger partial charge in [0, 0.05) is 18.0 Å². The molecule has 3 rings (SSSR count). The van der Waals surface area contributed by atoms with Gasteiger partial charge in [-0.3, -0.25) is 4.72 Å². The van der Waals surface area contributed by atoms with E-state index in [2.05, 4.69) is 14.9 Å². The Kier molecular flexibility index (Phi) is 5.56. The van der Waals surface area contributed by atoms with Crippen molar-refractivity contribution in [2.24, 2.45) is 0 Å². The summed E-state index contributed by atoms with van der Waals surface area (Å²) in [4.78, 5) is 12.0. The van der Waals surface area contributed by atoms with Gasteiger partial charge in [-0.25, -0.2) is 13.2 Å². The smallest absolute Gasteiger partial charge is 0.357 e. The Morgan fingerprint density at radius 1 is 1.17 bits per heavy atom. The first-order valence-corrected chi connectivity index (χ1v) is 9.79. The highest BCUT2D eigenvalue weighted by Gasteiger charge is 2.22. The van der Waals surface area contributed by atoms with Crippen LogP contribution in [0.15, 0.2) is 47.5 Å². The molecule has 11 nitrogen and oxygen atoms in total. The van der Waals surface area contributed by atoms with E-state index in [0.29, 0.717) is 5.69 Å². The van der Waals surface area contributed by atoms with E-state index in [9.17, 15) is 18.5 Å². The summed E-state index contributed by atoms with van der Waals surface area (Å²) in [7, 11) is -1.34. The van der Waals surface area contributed by atoms with Crippen LogP contribution < -0.4 is 15.2 Å². The maximum absolute atomic E-state index is 12.6. The molecule has 0 unspecified atom stereocenters. The molecular weight excluding hydrogens is 412 g/mol. The van der Waals surface area contributed by atoms with Crippen molar-refractivity contribution < 1.29 is 22.7 Å². The van der Waals surface area contributed by atoms with Crippen LogP contribution in [0, 0.1) is 11.3 Å². The molecule has 0 saturated carbocycles. The summed E-state index contributed by atoms with van der Waals surface area (Å²) in [5, 5.41) is 16.6. The van der Waals surface area contributed by atoms with Crippen molar-refractivity contribution in [3.63, 3.8) is 0 Å². The van der Waals surface area contributed by atoms with E-state index in [4.69, 9.17) is 15.2 Å². The molecular formula is C18H16N6O5S.